The van der Waals surface area contributed by atoms with Crippen LogP contribution in [-0.4, -0.2) is 27.4 Å². The summed E-state index contributed by atoms with van der Waals surface area (Å²) in [6.07, 6.45) is 5.16. The summed E-state index contributed by atoms with van der Waals surface area (Å²) in [6, 6.07) is 9.35. The van der Waals surface area contributed by atoms with Gasteiger partial charge in [-0.25, -0.2) is 0 Å². The standard InChI is InChI=1S/C17H17ClN2O2/c18-14-4-1-3-13(9-14)16-5-2-6-20(16)17(22)8-12-7-15(21)11-19-10-12/h1,3-4,7,9-11,16,21H,2,5-6,8H2. The van der Waals surface area contributed by atoms with Crippen molar-refractivity contribution in [2.75, 3.05) is 6.54 Å². The first kappa shape index (κ1) is 14.9. The van der Waals surface area contributed by atoms with E-state index in [4.69, 9.17) is 11.6 Å². The molecule has 1 aliphatic rings. The molecule has 1 unspecified atom stereocenters. The van der Waals surface area contributed by atoms with Gasteiger partial charge in [0.2, 0.25) is 5.91 Å². The summed E-state index contributed by atoms with van der Waals surface area (Å²) in [5.41, 5.74) is 1.80. The zero-order valence-corrected chi connectivity index (χ0v) is 12.8. The Morgan fingerprint density at radius 1 is 1.36 bits per heavy atom. The molecule has 2 heterocycles. The number of aromatic hydroxyl groups is 1. The van der Waals surface area contributed by atoms with Crippen molar-refractivity contribution in [1.82, 2.24) is 9.88 Å². The summed E-state index contributed by atoms with van der Waals surface area (Å²) in [5.74, 6) is 0.132. The van der Waals surface area contributed by atoms with Crippen LogP contribution in [0.2, 0.25) is 5.02 Å². The van der Waals surface area contributed by atoms with Crippen molar-refractivity contribution in [3.63, 3.8) is 0 Å². The number of benzene rings is 1. The lowest BCUT2D eigenvalue weighted by Gasteiger charge is -2.25. The van der Waals surface area contributed by atoms with Crippen LogP contribution < -0.4 is 0 Å². The lowest BCUT2D eigenvalue weighted by molar-refractivity contribution is -0.131. The number of nitrogens with zero attached hydrogens (tertiary/aromatic N) is 2. The van der Waals surface area contributed by atoms with Crippen LogP contribution in [0.25, 0.3) is 0 Å². The van der Waals surface area contributed by atoms with E-state index in [1.807, 2.05) is 29.2 Å². The Kier molecular flexibility index (Phi) is 4.29. The maximum atomic E-state index is 12.6. The smallest absolute Gasteiger partial charge is 0.227 e. The molecule has 1 atom stereocenters. The predicted octanol–water partition coefficient (Wildman–Crippen LogP) is 3.35. The van der Waals surface area contributed by atoms with Crippen molar-refractivity contribution in [3.8, 4) is 5.75 Å². The second-order valence-electron chi connectivity index (χ2n) is 5.53. The fourth-order valence-electron chi connectivity index (χ4n) is 2.97. The van der Waals surface area contributed by atoms with Crippen LogP contribution in [0.3, 0.4) is 0 Å². The molecule has 0 bridgehead atoms. The maximum absolute atomic E-state index is 12.6. The minimum Gasteiger partial charge on any atom is -0.506 e. The lowest BCUT2D eigenvalue weighted by atomic mass is 10.0. The zero-order valence-electron chi connectivity index (χ0n) is 12.1. The molecule has 1 amide bonds. The van der Waals surface area contributed by atoms with Gasteiger partial charge in [0.25, 0.3) is 0 Å². The van der Waals surface area contributed by atoms with Crippen LogP contribution in [0.5, 0.6) is 5.75 Å². The summed E-state index contributed by atoms with van der Waals surface area (Å²) >= 11 is 6.06. The van der Waals surface area contributed by atoms with Crippen LogP contribution in [0.15, 0.2) is 42.7 Å². The van der Waals surface area contributed by atoms with E-state index in [0.717, 1.165) is 30.5 Å². The van der Waals surface area contributed by atoms with Gasteiger partial charge >= 0.3 is 0 Å². The third kappa shape index (κ3) is 3.22. The Balaban J connectivity index is 1.76. The predicted molar refractivity (Wildman–Crippen MR) is 84.7 cm³/mol. The number of hydrogen-bond donors (Lipinski definition) is 1. The Labute approximate surface area is 134 Å². The molecular formula is C17H17ClN2O2. The molecule has 1 fully saturated rings. The average Bonchev–Trinajstić information content (AvgIpc) is 2.97. The van der Waals surface area contributed by atoms with E-state index in [-0.39, 0.29) is 24.1 Å². The fraction of sp³-hybridized carbons (Fsp3) is 0.294. The molecule has 1 aliphatic heterocycles. The molecule has 4 nitrogen and oxygen atoms in total. The minimum absolute atomic E-state index is 0.0508. The van der Waals surface area contributed by atoms with Gasteiger partial charge in [-0.1, -0.05) is 23.7 Å². The maximum Gasteiger partial charge on any atom is 0.227 e. The SMILES string of the molecule is O=C(Cc1cncc(O)c1)N1CCCC1c1cccc(Cl)c1. The molecule has 0 spiro atoms. The molecule has 0 aliphatic carbocycles. The second kappa shape index (κ2) is 6.36. The van der Waals surface area contributed by atoms with Crippen LogP contribution in [-0.2, 0) is 11.2 Å². The highest BCUT2D eigenvalue weighted by atomic mass is 35.5. The molecule has 0 saturated carbocycles. The van der Waals surface area contributed by atoms with Crippen molar-refractivity contribution < 1.29 is 9.90 Å². The van der Waals surface area contributed by atoms with Gasteiger partial charge in [0.15, 0.2) is 0 Å². The van der Waals surface area contributed by atoms with Gasteiger partial charge in [-0.15, -0.1) is 0 Å². The van der Waals surface area contributed by atoms with Crippen molar-refractivity contribution in [1.29, 1.82) is 0 Å². The Morgan fingerprint density at radius 2 is 2.23 bits per heavy atom. The molecule has 22 heavy (non-hydrogen) atoms. The van der Waals surface area contributed by atoms with Gasteiger partial charge in [-0.2, -0.15) is 0 Å². The molecule has 1 aromatic carbocycles. The third-order valence-corrected chi connectivity index (χ3v) is 4.18. The molecule has 1 N–H and O–H groups in total. The minimum atomic E-state index is 0.0508. The number of hydrogen-bond acceptors (Lipinski definition) is 3. The number of amides is 1. The first-order valence-corrected chi connectivity index (χ1v) is 7.69. The van der Waals surface area contributed by atoms with Gasteiger partial charge in [0.1, 0.15) is 5.75 Å². The molecule has 0 radical (unpaired) electrons. The normalized spacial score (nSPS) is 17.7. The number of aromatic nitrogens is 1. The van der Waals surface area contributed by atoms with Crippen molar-refractivity contribution in [3.05, 3.63) is 58.9 Å². The monoisotopic (exact) mass is 316 g/mol. The summed E-state index contributed by atoms with van der Waals surface area (Å²) in [6.45, 7) is 0.752. The van der Waals surface area contributed by atoms with Gasteiger partial charge in [0, 0.05) is 17.8 Å². The largest absolute Gasteiger partial charge is 0.506 e. The molecule has 5 heteroatoms. The quantitative estimate of drug-likeness (QED) is 0.944. The number of carbonyl (C=O) groups is 1. The van der Waals surface area contributed by atoms with Gasteiger partial charge in [-0.05, 0) is 42.2 Å². The summed E-state index contributed by atoms with van der Waals surface area (Å²) < 4.78 is 0. The first-order chi connectivity index (χ1) is 10.6. The summed E-state index contributed by atoms with van der Waals surface area (Å²) in [5, 5.41) is 10.1. The summed E-state index contributed by atoms with van der Waals surface area (Å²) in [4.78, 5) is 18.4. The third-order valence-electron chi connectivity index (χ3n) is 3.94. The highest BCUT2D eigenvalue weighted by Crippen LogP contribution is 2.33. The fourth-order valence-corrected chi connectivity index (χ4v) is 3.17. The second-order valence-corrected chi connectivity index (χ2v) is 5.96. The Bertz CT molecular complexity index is 690. The van der Waals surface area contributed by atoms with Gasteiger partial charge in [-0.3, -0.25) is 9.78 Å². The highest BCUT2D eigenvalue weighted by molar-refractivity contribution is 6.30. The van der Waals surface area contributed by atoms with Crippen LogP contribution in [0.1, 0.15) is 30.0 Å². The molecular weight excluding hydrogens is 300 g/mol. The number of halogens is 1. The Morgan fingerprint density at radius 3 is 3.00 bits per heavy atom. The van der Waals surface area contributed by atoms with E-state index in [1.165, 1.54) is 6.20 Å². The highest BCUT2D eigenvalue weighted by Gasteiger charge is 2.29. The van der Waals surface area contributed by atoms with Crippen molar-refractivity contribution in [2.24, 2.45) is 0 Å². The molecule has 114 valence electrons. The number of pyridine rings is 1. The van der Waals surface area contributed by atoms with Gasteiger partial charge < -0.3 is 10.0 Å². The van der Waals surface area contributed by atoms with Crippen molar-refractivity contribution in [2.45, 2.75) is 25.3 Å². The van der Waals surface area contributed by atoms with E-state index in [2.05, 4.69) is 4.98 Å². The average molecular weight is 317 g/mol. The van der Waals surface area contributed by atoms with E-state index >= 15 is 0 Å². The number of likely N-dealkylation sites (tertiary alicyclic amines) is 1. The molecule has 1 saturated heterocycles. The molecule has 1 aromatic heterocycles. The molecule has 3 rings (SSSR count). The van der Waals surface area contributed by atoms with E-state index < -0.39 is 0 Å². The van der Waals surface area contributed by atoms with E-state index in [0.29, 0.717) is 5.02 Å². The Hall–Kier alpha value is -2.07. The van der Waals surface area contributed by atoms with Crippen LogP contribution in [0.4, 0.5) is 0 Å². The van der Waals surface area contributed by atoms with Gasteiger partial charge in [0.05, 0.1) is 18.7 Å². The van der Waals surface area contributed by atoms with Crippen LogP contribution >= 0.6 is 11.6 Å². The summed E-state index contributed by atoms with van der Waals surface area (Å²) in [7, 11) is 0. The van der Waals surface area contributed by atoms with Crippen LogP contribution in [0, 0.1) is 0 Å². The van der Waals surface area contributed by atoms with E-state index in [9.17, 15) is 9.90 Å². The first-order valence-electron chi connectivity index (χ1n) is 7.31. The molecule has 2 aromatic rings. The van der Waals surface area contributed by atoms with Crippen molar-refractivity contribution >= 4 is 17.5 Å². The number of rotatable bonds is 3. The lowest BCUT2D eigenvalue weighted by Crippen LogP contribution is -2.31. The zero-order chi connectivity index (χ0) is 15.5. The van der Waals surface area contributed by atoms with E-state index in [1.54, 1.807) is 12.3 Å². The number of carbonyl (C=O) groups excluding carboxylic acids is 1. The topological polar surface area (TPSA) is 53.4 Å².